The number of piperazine rings is 1. The molecule has 2 amide bonds. The zero-order chi connectivity index (χ0) is 22.3. The van der Waals surface area contributed by atoms with Crippen LogP contribution in [0.15, 0.2) is 48.7 Å². The van der Waals surface area contributed by atoms with Gasteiger partial charge >= 0.3 is 6.18 Å². The zero-order valence-corrected chi connectivity index (χ0v) is 17.0. The van der Waals surface area contributed by atoms with E-state index in [1.165, 1.54) is 23.9 Å². The minimum absolute atomic E-state index is 0.0795. The number of halogens is 3. The molecule has 0 aliphatic carbocycles. The van der Waals surface area contributed by atoms with Gasteiger partial charge in [-0.25, -0.2) is 4.98 Å². The fraction of sp³-hybridized carbons (Fsp3) is 0.409. The second-order valence-corrected chi connectivity index (χ2v) is 7.30. The lowest BCUT2D eigenvalue weighted by atomic mass is 10.1. The largest absolute Gasteiger partial charge is 0.468 e. The van der Waals surface area contributed by atoms with Crippen LogP contribution < -0.4 is 4.74 Å². The van der Waals surface area contributed by atoms with Crippen LogP contribution in [0.4, 0.5) is 13.2 Å². The van der Waals surface area contributed by atoms with Crippen LogP contribution in [-0.2, 0) is 11.2 Å². The Morgan fingerprint density at radius 2 is 1.65 bits per heavy atom. The van der Waals surface area contributed by atoms with Crippen LogP contribution in [-0.4, -0.2) is 65.6 Å². The fourth-order valence-electron chi connectivity index (χ4n) is 3.34. The molecule has 0 unspecified atom stereocenters. The number of carbonyl (C=O) groups is 2. The van der Waals surface area contributed by atoms with Gasteiger partial charge in [0.1, 0.15) is 0 Å². The standard InChI is InChI=1S/C22H24F3N3O3/c23-22(24,25)16-31-19-10-9-18(15-26-19)21(30)28-13-11-27(12-14-28)20(29)8-4-7-17-5-2-1-3-6-17/h1-3,5-6,9-10,15H,4,7-8,11-14,16H2. The van der Waals surface area contributed by atoms with Crippen LogP contribution in [0.1, 0.15) is 28.8 Å². The number of alkyl halides is 3. The maximum atomic E-state index is 12.6. The van der Waals surface area contributed by atoms with E-state index >= 15 is 0 Å². The maximum Gasteiger partial charge on any atom is 0.422 e. The molecule has 1 aliphatic heterocycles. The number of rotatable bonds is 7. The molecule has 1 aromatic heterocycles. The Kier molecular flexibility index (Phi) is 7.49. The first kappa shape index (κ1) is 22.6. The van der Waals surface area contributed by atoms with Crippen molar-refractivity contribution in [1.82, 2.24) is 14.8 Å². The number of ether oxygens (including phenoxy) is 1. The minimum atomic E-state index is -4.45. The van der Waals surface area contributed by atoms with Gasteiger partial charge in [0.15, 0.2) is 6.61 Å². The molecule has 9 heteroatoms. The Morgan fingerprint density at radius 3 is 2.26 bits per heavy atom. The number of pyridine rings is 1. The lowest BCUT2D eigenvalue weighted by molar-refractivity contribution is -0.154. The molecule has 1 saturated heterocycles. The van der Waals surface area contributed by atoms with Crippen molar-refractivity contribution >= 4 is 11.8 Å². The smallest absolute Gasteiger partial charge is 0.422 e. The van der Waals surface area contributed by atoms with Crippen LogP contribution in [0.2, 0.25) is 0 Å². The second kappa shape index (κ2) is 10.3. The molecule has 6 nitrogen and oxygen atoms in total. The van der Waals surface area contributed by atoms with Gasteiger partial charge in [0.05, 0.1) is 5.56 Å². The number of hydrogen-bond acceptors (Lipinski definition) is 4. The van der Waals surface area contributed by atoms with Gasteiger partial charge in [-0.05, 0) is 24.5 Å². The predicted molar refractivity (Wildman–Crippen MR) is 108 cm³/mol. The first-order valence-electron chi connectivity index (χ1n) is 10.1. The van der Waals surface area contributed by atoms with E-state index in [0.717, 1.165) is 12.8 Å². The molecular formula is C22H24F3N3O3. The van der Waals surface area contributed by atoms with Crippen molar-refractivity contribution in [3.8, 4) is 5.88 Å². The Balaban J connectivity index is 1.42. The molecule has 0 saturated carbocycles. The van der Waals surface area contributed by atoms with Crippen LogP contribution in [0.5, 0.6) is 5.88 Å². The van der Waals surface area contributed by atoms with Crippen molar-refractivity contribution in [2.45, 2.75) is 25.4 Å². The molecule has 0 N–H and O–H groups in total. The van der Waals surface area contributed by atoms with Gasteiger partial charge in [-0.15, -0.1) is 0 Å². The molecule has 0 atom stereocenters. The van der Waals surface area contributed by atoms with Crippen molar-refractivity contribution in [2.24, 2.45) is 0 Å². The van der Waals surface area contributed by atoms with Gasteiger partial charge in [0, 0.05) is 44.9 Å². The highest BCUT2D eigenvalue weighted by Gasteiger charge is 2.29. The molecule has 3 rings (SSSR count). The quantitative estimate of drug-likeness (QED) is 0.669. The molecule has 2 aromatic rings. The molecule has 1 aliphatic rings. The van der Waals surface area contributed by atoms with Gasteiger partial charge in [0.2, 0.25) is 11.8 Å². The van der Waals surface area contributed by atoms with E-state index in [1.807, 2.05) is 30.3 Å². The van der Waals surface area contributed by atoms with Crippen LogP contribution in [0.25, 0.3) is 0 Å². The third kappa shape index (κ3) is 6.97. The summed E-state index contributed by atoms with van der Waals surface area (Å²) in [5, 5.41) is 0. The van der Waals surface area contributed by atoms with E-state index in [4.69, 9.17) is 0 Å². The third-order valence-electron chi connectivity index (χ3n) is 4.99. The van der Waals surface area contributed by atoms with Crippen molar-refractivity contribution < 1.29 is 27.5 Å². The summed E-state index contributed by atoms with van der Waals surface area (Å²) in [6.07, 6.45) is -1.16. The van der Waals surface area contributed by atoms with E-state index in [-0.39, 0.29) is 23.3 Å². The average Bonchev–Trinajstić information content (AvgIpc) is 2.78. The van der Waals surface area contributed by atoms with Crippen molar-refractivity contribution in [2.75, 3.05) is 32.8 Å². The first-order valence-corrected chi connectivity index (χ1v) is 10.1. The van der Waals surface area contributed by atoms with Gasteiger partial charge in [-0.3, -0.25) is 9.59 Å². The zero-order valence-electron chi connectivity index (χ0n) is 17.0. The predicted octanol–water partition coefficient (Wildman–Crippen LogP) is 3.33. The summed E-state index contributed by atoms with van der Waals surface area (Å²) >= 11 is 0. The summed E-state index contributed by atoms with van der Waals surface area (Å²) in [5.41, 5.74) is 1.47. The number of nitrogens with zero attached hydrogens (tertiary/aromatic N) is 3. The van der Waals surface area contributed by atoms with E-state index in [1.54, 1.807) is 9.80 Å². The van der Waals surface area contributed by atoms with Gasteiger partial charge in [0.25, 0.3) is 5.91 Å². The van der Waals surface area contributed by atoms with Gasteiger partial charge in [-0.1, -0.05) is 30.3 Å². The van der Waals surface area contributed by atoms with Crippen LogP contribution in [0.3, 0.4) is 0 Å². The summed E-state index contributed by atoms with van der Waals surface area (Å²) in [5.74, 6) is -0.387. The monoisotopic (exact) mass is 435 g/mol. The summed E-state index contributed by atoms with van der Waals surface area (Å²) < 4.78 is 41.1. The summed E-state index contributed by atoms with van der Waals surface area (Å²) in [4.78, 5) is 32.2. The minimum Gasteiger partial charge on any atom is -0.468 e. The molecule has 0 radical (unpaired) electrons. The van der Waals surface area contributed by atoms with Gasteiger partial charge in [-0.2, -0.15) is 13.2 Å². The first-order chi connectivity index (χ1) is 14.8. The number of aryl methyl sites for hydroxylation is 1. The summed E-state index contributed by atoms with van der Waals surface area (Å²) in [7, 11) is 0. The lowest BCUT2D eigenvalue weighted by Crippen LogP contribution is -2.50. The average molecular weight is 435 g/mol. The molecule has 166 valence electrons. The molecular weight excluding hydrogens is 411 g/mol. The van der Waals surface area contributed by atoms with Crippen molar-refractivity contribution in [1.29, 1.82) is 0 Å². The van der Waals surface area contributed by atoms with E-state index < -0.39 is 12.8 Å². The number of amides is 2. The Bertz CT molecular complexity index is 865. The topological polar surface area (TPSA) is 62.7 Å². The maximum absolute atomic E-state index is 12.6. The van der Waals surface area contributed by atoms with Crippen molar-refractivity contribution in [3.63, 3.8) is 0 Å². The Morgan fingerprint density at radius 1 is 0.968 bits per heavy atom. The molecule has 2 heterocycles. The fourth-order valence-corrected chi connectivity index (χ4v) is 3.34. The number of hydrogen-bond donors (Lipinski definition) is 0. The number of aromatic nitrogens is 1. The normalized spacial score (nSPS) is 14.4. The molecule has 0 spiro atoms. The summed E-state index contributed by atoms with van der Waals surface area (Å²) in [6, 6.07) is 12.6. The van der Waals surface area contributed by atoms with Crippen LogP contribution in [0, 0.1) is 0 Å². The Labute approximate surface area is 178 Å². The third-order valence-corrected chi connectivity index (χ3v) is 4.99. The second-order valence-electron chi connectivity index (χ2n) is 7.30. The molecule has 31 heavy (non-hydrogen) atoms. The number of benzene rings is 1. The molecule has 1 fully saturated rings. The Hall–Kier alpha value is -3.10. The van der Waals surface area contributed by atoms with E-state index in [0.29, 0.717) is 32.6 Å². The molecule has 1 aromatic carbocycles. The number of carbonyl (C=O) groups excluding carboxylic acids is 2. The lowest BCUT2D eigenvalue weighted by Gasteiger charge is -2.34. The highest BCUT2D eigenvalue weighted by atomic mass is 19.4. The van der Waals surface area contributed by atoms with Gasteiger partial charge < -0.3 is 14.5 Å². The molecule has 0 bridgehead atoms. The van der Waals surface area contributed by atoms with E-state index in [9.17, 15) is 22.8 Å². The van der Waals surface area contributed by atoms with Crippen LogP contribution >= 0.6 is 0 Å². The van der Waals surface area contributed by atoms with E-state index in [2.05, 4.69) is 9.72 Å². The summed E-state index contributed by atoms with van der Waals surface area (Å²) in [6.45, 7) is 0.270. The SMILES string of the molecule is O=C(CCCc1ccccc1)N1CCN(C(=O)c2ccc(OCC(F)(F)F)nc2)CC1. The van der Waals surface area contributed by atoms with Crippen molar-refractivity contribution in [3.05, 3.63) is 59.8 Å². The highest BCUT2D eigenvalue weighted by Crippen LogP contribution is 2.18. The highest BCUT2D eigenvalue weighted by molar-refractivity contribution is 5.94.